The average molecular weight is 405 g/mol. The highest BCUT2D eigenvalue weighted by Crippen LogP contribution is 2.37. The summed E-state index contributed by atoms with van der Waals surface area (Å²) in [5.41, 5.74) is 2.29. The van der Waals surface area contributed by atoms with Crippen molar-refractivity contribution in [2.75, 3.05) is 11.4 Å². The number of anilines is 1. The van der Waals surface area contributed by atoms with E-state index in [1.807, 2.05) is 4.90 Å². The molecule has 0 unspecified atom stereocenters. The van der Waals surface area contributed by atoms with E-state index in [0.717, 1.165) is 5.69 Å². The van der Waals surface area contributed by atoms with Gasteiger partial charge in [0.25, 0.3) is 0 Å². The molecule has 1 aliphatic rings. The highest BCUT2D eigenvalue weighted by Gasteiger charge is 2.37. The molecule has 1 atom stereocenters. The van der Waals surface area contributed by atoms with Crippen molar-refractivity contribution in [1.82, 2.24) is 29.8 Å². The first-order valence-electron chi connectivity index (χ1n) is 8.72. The largest absolute Gasteiger partial charge is 0.573 e. The number of aryl methyl sites for hydroxylation is 1. The molecule has 0 saturated carbocycles. The van der Waals surface area contributed by atoms with E-state index in [9.17, 15) is 13.2 Å². The lowest BCUT2D eigenvalue weighted by Gasteiger charge is -2.32. The van der Waals surface area contributed by atoms with E-state index in [1.54, 1.807) is 25.5 Å². The Balaban J connectivity index is 1.64. The third-order valence-corrected chi connectivity index (χ3v) is 4.67. The molecule has 0 spiro atoms. The van der Waals surface area contributed by atoms with E-state index >= 15 is 0 Å². The van der Waals surface area contributed by atoms with Gasteiger partial charge in [-0.2, -0.15) is 5.10 Å². The van der Waals surface area contributed by atoms with Gasteiger partial charge >= 0.3 is 12.4 Å². The Kier molecular flexibility index (Phi) is 3.76. The van der Waals surface area contributed by atoms with Gasteiger partial charge in [-0.3, -0.25) is 0 Å². The van der Waals surface area contributed by atoms with Gasteiger partial charge in [0.2, 0.25) is 5.89 Å². The van der Waals surface area contributed by atoms with Gasteiger partial charge in [-0.15, -0.1) is 18.3 Å². The van der Waals surface area contributed by atoms with E-state index in [-0.39, 0.29) is 11.3 Å². The summed E-state index contributed by atoms with van der Waals surface area (Å²) < 4.78 is 49.4. The normalized spacial score (nSPS) is 17.0. The van der Waals surface area contributed by atoms with Crippen LogP contribution in [0.4, 0.5) is 19.2 Å². The van der Waals surface area contributed by atoms with Crippen molar-refractivity contribution in [3.8, 4) is 5.75 Å². The molecule has 12 heteroatoms. The van der Waals surface area contributed by atoms with Crippen LogP contribution in [0, 0.1) is 6.92 Å². The van der Waals surface area contributed by atoms with E-state index in [4.69, 9.17) is 4.42 Å². The van der Waals surface area contributed by atoms with Crippen LogP contribution in [0.15, 0.2) is 35.1 Å². The third kappa shape index (κ3) is 3.05. The number of rotatable bonds is 3. The summed E-state index contributed by atoms with van der Waals surface area (Å²) in [6.45, 7) is 2.22. The summed E-state index contributed by atoms with van der Waals surface area (Å²) in [6, 6.07) is 4.01. The highest BCUT2D eigenvalue weighted by atomic mass is 19.4. The maximum absolute atomic E-state index is 12.8. The fourth-order valence-electron chi connectivity index (χ4n) is 3.54. The zero-order chi connectivity index (χ0) is 20.2. The van der Waals surface area contributed by atoms with Gasteiger partial charge in [0.1, 0.15) is 11.6 Å². The van der Waals surface area contributed by atoms with E-state index < -0.39 is 12.4 Å². The number of nitrogens with one attached hydrogen (secondary N) is 1. The molecular formula is C17H14F3N7O2. The lowest BCUT2D eigenvalue weighted by atomic mass is 10.0. The minimum absolute atomic E-state index is 0.184. The number of hydrogen-bond donors (Lipinski definition) is 1. The number of aromatic amines is 1. The zero-order valence-corrected chi connectivity index (χ0v) is 15.0. The maximum atomic E-state index is 12.8. The van der Waals surface area contributed by atoms with Crippen LogP contribution in [0.5, 0.6) is 5.75 Å². The molecule has 9 nitrogen and oxygen atoms in total. The van der Waals surface area contributed by atoms with Gasteiger partial charge < -0.3 is 19.0 Å². The molecule has 4 aromatic rings. The van der Waals surface area contributed by atoms with E-state index in [0.29, 0.717) is 36.3 Å². The second-order valence-electron chi connectivity index (χ2n) is 6.54. The Morgan fingerprint density at radius 3 is 2.93 bits per heavy atom. The van der Waals surface area contributed by atoms with Crippen molar-refractivity contribution in [3.05, 3.63) is 53.7 Å². The molecule has 1 aliphatic heterocycles. The first-order chi connectivity index (χ1) is 13.9. The smallest absolute Gasteiger partial charge is 0.408 e. The Labute approximate surface area is 161 Å². The van der Waals surface area contributed by atoms with Gasteiger partial charge in [0, 0.05) is 31.8 Å². The molecule has 0 aliphatic carbocycles. The second-order valence-corrected chi connectivity index (χ2v) is 6.54. The third-order valence-electron chi connectivity index (χ3n) is 4.67. The number of fused-ring (bicyclic) bond motifs is 2. The topological polar surface area (TPSA) is 97.4 Å². The van der Waals surface area contributed by atoms with Gasteiger partial charge in [-0.25, -0.2) is 9.50 Å². The highest BCUT2D eigenvalue weighted by molar-refractivity contribution is 5.61. The molecule has 5 rings (SSSR count). The van der Waals surface area contributed by atoms with Crippen LogP contribution in [-0.4, -0.2) is 42.7 Å². The predicted molar refractivity (Wildman–Crippen MR) is 92.4 cm³/mol. The molecule has 1 N–H and O–H groups in total. The Morgan fingerprint density at radius 2 is 2.17 bits per heavy atom. The van der Waals surface area contributed by atoms with Crippen molar-refractivity contribution >= 4 is 11.5 Å². The summed E-state index contributed by atoms with van der Waals surface area (Å²) in [5, 5.41) is 12.4. The number of halogens is 3. The number of aromatic nitrogens is 6. The quantitative estimate of drug-likeness (QED) is 0.560. The molecule has 0 amide bonds. The van der Waals surface area contributed by atoms with Crippen molar-refractivity contribution in [2.24, 2.45) is 0 Å². The lowest BCUT2D eigenvalue weighted by molar-refractivity contribution is -0.274. The molecule has 0 bridgehead atoms. The summed E-state index contributed by atoms with van der Waals surface area (Å²) in [7, 11) is 0. The van der Waals surface area contributed by atoms with E-state index in [2.05, 4.69) is 30.0 Å². The number of pyridine rings is 1. The van der Waals surface area contributed by atoms with Crippen LogP contribution < -0.4 is 9.64 Å². The van der Waals surface area contributed by atoms with Crippen LogP contribution in [0.1, 0.15) is 29.0 Å². The fraction of sp³-hybridized carbons (Fsp3) is 0.294. The number of hydrogen-bond acceptors (Lipinski definition) is 7. The molecule has 29 heavy (non-hydrogen) atoms. The lowest BCUT2D eigenvalue weighted by Crippen LogP contribution is -2.36. The molecule has 0 radical (unpaired) electrons. The summed E-state index contributed by atoms with van der Waals surface area (Å²) in [4.78, 5) is 9.34. The van der Waals surface area contributed by atoms with Crippen molar-refractivity contribution < 1.29 is 22.3 Å². The SMILES string of the molecule is Cc1nnc(N2CCc3[nH]cnc3[C@H]2c2cc3c(OC(F)(F)F)cccn3n2)o1. The second kappa shape index (κ2) is 6.22. The van der Waals surface area contributed by atoms with Crippen LogP contribution in [0.25, 0.3) is 5.52 Å². The number of alkyl halides is 3. The fourth-order valence-corrected chi connectivity index (χ4v) is 3.54. The van der Waals surface area contributed by atoms with Crippen molar-refractivity contribution in [1.29, 1.82) is 0 Å². The number of nitrogens with zero attached hydrogens (tertiary/aromatic N) is 6. The first-order valence-corrected chi connectivity index (χ1v) is 8.72. The average Bonchev–Trinajstić information content (AvgIpc) is 3.38. The van der Waals surface area contributed by atoms with Gasteiger partial charge in [-0.1, -0.05) is 5.10 Å². The monoisotopic (exact) mass is 405 g/mol. The van der Waals surface area contributed by atoms with Gasteiger partial charge in [0.05, 0.1) is 17.7 Å². The van der Waals surface area contributed by atoms with Crippen LogP contribution >= 0.6 is 0 Å². The standard InChI is InChI=1S/C17H14F3N7O2/c1-9-23-24-16(28-9)26-6-4-10-14(22-8-21-10)15(26)11-7-12-13(29-17(18,19)20)3-2-5-27(12)25-11/h2-3,5,7-8,15H,4,6H2,1H3,(H,21,22)/t15-/m1/s1. The molecule has 4 aromatic heterocycles. The predicted octanol–water partition coefficient (Wildman–Crippen LogP) is 2.80. The van der Waals surface area contributed by atoms with Crippen molar-refractivity contribution in [2.45, 2.75) is 25.7 Å². The van der Waals surface area contributed by atoms with E-state index in [1.165, 1.54) is 16.6 Å². The van der Waals surface area contributed by atoms with Crippen LogP contribution in [0.3, 0.4) is 0 Å². The Morgan fingerprint density at radius 1 is 1.31 bits per heavy atom. The van der Waals surface area contributed by atoms with Gasteiger partial charge in [0.15, 0.2) is 5.75 Å². The molecule has 0 fully saturated rings. The first kappa shape index (κ1) is 17.5. The minimum Gasteiger partial charge on any atom is -0.408 e. The Bertz CT molecular complexity index is 1180. The molecule has 0 saturated heterocycles. The number of ether oxygens (including phenoxy) is 1. The number of imidazole rings is 1. The molecular weight excluding hydrogens is 391 g/mol. The summed E-state index contributed by atoms with van der Waals surface area (Å²) >= 11 is 0. The summed E-state index contributed by atoms with van der Waals surface area (Å²) in [5.74, 6) is 0.0689. The molecule has 150 valence electrons. The maximum Gasteiger partial charge on any atom is 0.573 e. The summed E-state index contributed by atoms with van der Waals surface area (Å²) in [6.07, 6.45) is -1.01. The van der Waals surface area contributed by atoms with Gasteiger partial charge in [-0.05, 0) is 18.2 Å². The Hall–Kier alpha value is -3.57. The van der Waals surface area contributed by atoms with Crippen molar-refractivity contribution in [3.63, 3.8) is 0 Å². The molecule has 5 heterocycles. The minimum atomic E-state index is -4.81. The molecule has 0 aromatic carbocycles. The zero-order valence-electron chi connectivity index (χ0n) is 15.0. The number of H-pyrrole nitrogens is 1. The van der Waals surface area contributed by atoms with Crippen LogP contribution in [0.2, 0.25) is 0 Å². The van der Waals surface area contributed by atoms with Crippen LogP contribution in [-0.2, 0) is 6.42 Å².